The van der Waals surface area contributed by atoms with Crippen LogP contribution in [0.2, 0.25) is 0 Å². The van der Waals surface area contributed by atoms with E-state index in [0.29, 0.717) is 12.4 Å². The lowest BCUT2D eigenvalue weighted by Gasteiger charge is -2.25. The zero-order chi connectivity index (χ0) is 20.6. The number of benzene rings is 1. The minimum absolute atomic E-state index is 0.0352. The first kappa shape index (κ1) is 19.3. The molecule has 2 heterocycles. The molecule has 0 N–H and O–H groups in total. The van der Waals surface area contributed by atoms with E-state index in [-0.39, 0.29) is 17.6 Å². The van der Waals surface area contributed by atoms with Crippen LogP contribution in [0.5, 0.6) is 0 Å². The Morgan fingerprint density at radius 2 is 2.10 bits per heavy atom. The Morgan fingerprint density at radius 1 is 1.34 bits per heavy atom. The van der Waals surface area contributed by atoms with Gasteiger partial charge in [0, 0.05) is 42.5 Å². The van der Waals surface area contributed by atoms with Gasteiger partial charge in [0.25, 0.3) is 5.69 Å². The van der Waals surface area contributed by atoms with Crippen molar-refractivity contribution >= 4 is 17.5 Å². The maximum atomic E-state index is 12.6. The van der Waals surface area contributed by atoms with Gasteiger partial charge in [-0.15, -0.1) is 0 Å². The van der Waals surface area contributed by atoms with Crippen LogP contribution in [-0.2, 0) is 16.0 Å². The Bertz CT molecular complexity index is 946. The quantitative estimate of drug-likeness (QED) is 0.434. The van der Waals surface area contributed by atoms with Crippen molar-refractivity contribution in [2.45, 2.75) is 32.6 Å². The van der Waals surface area contributed by atoms with Crippen LogP contribution in [0.4, 0.5) is 11.5 Å². The molecule has 0 radical (unpaired) electrons. The van der Waals surface area contributed by atoms with Crippen LogP contribution in [0.15, 0.2) is 30.3 Å². The van der Waals surface area contributed by atoms with Crippen molar-refractivity contribution in [2.75, 3.05) is 25.1 Å². The molecule has 4 rings (SSSR count). The number of carbonyl (C=O) groups is 1. The molecule has 8 nitrogen and oxygen atoms in total. The minimum atomic E-state index is -0.445. The van der Waals surface area contributed by atoms with Crippen LogP contribution in [0.1, 0.15) is 31.9 Å². The lowest BCUT2D eigenvalue weighted by atomic mass is 9.81. The number of hydrogen-bond acceptors (Lipinski definition) is 7. The summed E-state index contributed by atoms with van der Waals surface area (Å²) in [4.78, 5) is 34.6. The highest BCUT2D eigenvalue weighted by Gasteiger charge is 2.55. The van der Waals surface area contributed by atoms with E-state index in [2.05, 4.69) is 9.88 Å². The number of fused-ring (bicyclic) bond motifs is 1. The number of non-ortho nitro benzene ring substituents is 1. The molecule has 2 atom stereocenters. The summed E-state index contributed by atoms with van der Waals surface area (Å²) in [5, 5.41) is 10.9. The summed E-state index contributed by atoms with van der Waals surface area (Å²) in [6.45, 7) is 3.40. The smallest absolute Gasteiger partial charge is 0.313 e. The summed E-state index contributed by atoms with van der Waals surface area (Å²) in [5.41, 5.74) is 1.22. The van der Waals surface area contributed by atoms with E-state index >= 15 is 0 Å². The van der Waals surface area contributed by atoms with Crippen molar-refractivity contribution < 1.29 is 14.5 Å². The van der Waals surface area contributed by atoms with Gasteiger partial charge < -0.3 is 9.64 Å². The van der Waals surface area contributed by atoms with Crippen molar-refractivity contribution in [1.82, 2.24) is 9.97 Å². The van der Waals surface area contributed by atoms with E-state index in [0.717, 1.165) is 49.3 Å². The van der Waals surface area contributed by atoms with Gasteiger partial charge in [-0.05, 0) is 37.3 Å². The van der Waals surface area contributed by atoms with Gasteiger partial charge in [-0.25, -0.2) is 9.97 Å². The first-order chi connectivity index (χ1) is 14.0. The van der Waals surface area contributed by atoms with Gasteiger partial charge in [0.2, 0.25) is 0 Å². The predicted molar refractivity (Wildman–Crippen MR) is 108 cm³/mol. The van der Waals surface area contributed by atoms with Gasteiger partial charge in [-0.3, -0.25) is 14.9 Å². The molecular formula is C21H24N4O4. The first-order valence-corrected chi connectivity index (χ1v) is 9.93. The SMILES string of the molecule is CCc1cc(N2CC3CCCC3(C(=O)OC)C2)nc(-c2ccc([N+](=O)[O-])cc2)n1. The third-order valence-electron chi connectivity index (χ3n) is 6.25. The Labute approximate surface area is 169 Å². The molecule has 2 unspecified atom stereocenters. The Balaban J connectivity index is 1.67. The number of nitro groups is 1. The number of hydrogen-bond donors (Lipinski definition) is 0. The molecule has 152 valence electrons. The summed E-state index contributed by atoms with van der Waals surface area (Å²) < 4.78 is 5.14. The third-order valence-corrected chi connectivity index (χ3v) is 6.25. The molecule has 29 heavy (non-hydrogen) atoms. The van der Waals surface area contributed by atoms with Crippen molar-refractivity contribution in [3.8, 4) is 11.4 Å². The predicted octanol–water partition coefficient (Wildman–Crippen LogP) is 3.39. The molecule has 0 amide bonds. The highest BCUT2D eigenvalue weighted by atomic mass is 16.6. The van der Waals surface area contributed by atoms with Gasteiger partial charge in [0.15, 0.2) is 5.82 Å². The largest absolute Gasteiger partial charge is 0.469 e. The second kappa shape index (κ2) is 7.42. The molecule has 8 heteroatoms. The molecule has 1 saturated heterocycles. The monoisotopic (exact) mass is 396 g/mol. The van der Waals surface area contributed by atoms with Crippen molar-refractivity contribution in [3.63, 3.8) is 0 Å². The molecule has 2 aromatic rings. The van der Waals surface area contributed by atoms with Gasteiger partial charge in [0.1, 0.15) is 5.82 Å². The van der Waals surface area contributed by atoms with E-state index in [1.807, 2.05) is 13.0 Å². The summed E-state index contributed by atoms with van der Waals surface area (Å²) >= 11 is 0. The van der Waals surface area contributed by atoms with Crippen molar-refractivity contribution in [2.24, 2.45) is 11.3 Å². The average molecular weight is 396 g/mol. The summed E-state index contributed by atoms with van der Waals surface area (Å²) in [6, 6.07) is 8.24. The van der Waals surface area contributed by atoms with Crippen LogP contribution >= 0.6 is 0 Å². The second-order valence-corrected chi connectivity index (χ2v) is 7.82. The number of nitro benzene ring substituents is 1. The lowest BCUT2D eigenvalue weighted by molar-refractivity contribution is -0.384. The summed E-state index contributed by atoms with van der Waals surface area (Å²) in [7, 11) is 1.46. The molecular weight excluding hydrogens is 372 g/mol. The van der Waals surface area contributed by atoms with E-state index in [1.165, 1.54) is 19.2 Å². The molecule has 1 aliphatic carbocycles. The fourth-order valence-corrected chi connectivity index (χ4v) is 4.69. The van der Waals surface area contributed by atoms with E-state index in [9.17, 15) is 14.9 Å². The number of ether oxygens (including phenoxy) is 1. The van der Waals surface area contributed by atoms with Crippen molar-refractivity contribution in [3.05, 3.63) is 46.1 Å². The molecule has 0 spiro atoms. The van der Waals surface area contributed by atoms with Gasteiger partial charge in [-0.2, -0.15) is 0 Å². The van der Waals surface area contributed by atoms with E-state index in [1.54, 1.807) is 12.1 Å². The fourth-order valence-electron chi connectivity index (χ4n) is 4.69. The van der Waals surface area contributed by atoms with E-state index < -0.39 is 10.3 Å². The number of esters is 1. The van der Waals surface area contributed by atoms with Crippen LogP contribution in [0.3, 0.4) is 0 Å². The number of carbonyl (C=O) groups excluding carboxylic acids is 1. The number of rotatable bonds is 5. The van der Waals surface area contributed by atoms with E-state index in [4.69, 9.17) is 9.72 Å². The first-order valence-electron chi connectivity index (χ1n) is 9.93. The molecule has 1 saturated carbocycles. The van der Waals surface area contributed by atoms with Crippen LogP contribution in [0, 0.1) is 21.4 Å². The minimum Gasteiger partial charge on any atom is -0.469 e. The zero-order valence-electron chi connectivity index (χ0n) is 16.6. The highest BCUT2D eigenvalue weighted by Crippen LogP contribution is 2.50. The Hall–Kier alpha value is -3.03. The van der Waals surface area contributed by atoms with Crippen LogP contribution in [0.25, 0.3) is 11.4 Å². The third kappa shape index (κ3) is 3.32. The summed E-state index contributed by atoms with van der Waals surface area (Å²) in [5.74, 6) is 1.49. The molecule has 2 fully saturated rings. The fraction of sp³-hybridized carbons (Fsp3) is 0.476. The number of methoxy groups -OCH3 is 1. The normalized spacial score (nSPS) is 23.1. The van der Waals surface area contributed by atoms with Gasteiger partial charge >= 0.3 is 5.97 Å². The molecule has 2 aliphatic rings. The average Bonchev–Trinajstić information content (AvgIpc) is 3.31. The maximum absolute atomic E-state index is 12.6. The Kier molecular flexibility index (Phi) is 4.94. The highest BCUT2D eigenvalue weighted by molar-refractivity contribution is 5.79. The number of aromatic nitrogens is 2. The zero-order valence-corrected chi connectivity index (χ0v) is 16.6. The Morgan fingerprint density at radius 3 is 2.76 bits per heavy atom. The van der Waals surface area contributed by atoms with Crippen LogP contribution in [-0.4, -0.2) is 41.1 Å². The van der Waals surface area contributed by atoms with Crippen molar-refractivity contribution in [1.29, 1.82) is 0 Å². The lowest BCUT2D eigenvalue weighted by Crippen LogP contribution is -2.37. The van der Waals surface area contributed by atoms with Crippen LogP contribution < -0.4 is 4.90 Å². The molecule has 1 aromatic heterocycles. The topological polar surface area (TPSA) is 98.5 Å². The molecule has 1 aliphatic heterocycles. The number of nitrogens with zero attached hydrogens (tertiary/aromatic N) is 4. The van der Waals surface area contributed by atoms with Gasteiger partial charge in [0.05, 0.1) is 17.4 Å². The number of aryl methyl sites for hydroxylation is 1. The number of anilines is 1. The molecule has 0 bridgehead atoms. The maximum Gasteiger partial charge on any atom is 0.313 e. The second-order valence-electron chi connectivity index (χ2n) is 7.82. The van der Waals surface area contributed by atoms with Gasteiger partial charge in [-0.1, -0.05) is 13.3 Å². The molecule has 1 aromatic carbocycles. The standard InChI is InChI=1S/C21H24N4O4/c1-3-16-11-18(23-19(22-16)14-6-8-17(9-7-14)25(27)28)24-12-15-5-4-10-21(15,13-24)20(26)29-2/h6-9,11,15H,3-5,10,12-13H2,1-2H3. The summed E-state index contributed by atoms with van der Waals surface area (Å²) in [6.07, 6.45) is 3.66.